The molecule has 1 heterocycles. The molecule has 4 saturated carbocycles. The van der Waals surface area contributed by atoms with Gasteiger partial charge >= 0.3 is 5.97 Å². The van der Waals surface area contributed by atoms with E-state index in [4.69, 9.17) is 16.3 Å². The molecule has 0 saturated heterocycles. The fraction of sp³-hybridized carbons (Fsp3) is 0.520. The zero-order valence-electron chi connectivity index (χ0n) is 19.0. The first-order chi connectivity index (χ1) is 16.4. The maximum atomic E-state index is 12.9. The Hall–Kier alpha value is -2.87. The van der Waals surface area contributed by atoms with Crippen molar-refractivity contribution >= 4 is 35.2 Å². The summed E-state index contributed by atoms with van der Waals surface area (Å²) >= 11 is 6.21. The predicted molar refractivity (Wildman–Crippen MR) is 126 cm³/mol. The summed E-state index contributed by atoms with van der Waals surface area (Å²) in [6, 6.07) is 9.05. The molecule has 4 aliphatic carbocycles. The van der Waals surface area contributed by atoms with Crippen molar-refractivity contribution in [2.75, 3.05) is 18.5 Å². The minimum absolute atomic E-state index is 0.0310. The highest BCUT2D eigenvalue weighted by molar-refractivity contribution is 6.31. The van der Waals surface area contributed by atoms with E-state index in [2.05, 4.69) is 15.7 Å². The molecule has 180 valence electrons. The Morgan fingerprint density at radius 3 is 2.41 bits per heavy atom. The van der Waals surface area contributed by atoms with Crippen molar-refractivity contribution in [3.05, 3.63) is 47.1 Å². The summed E-state index contributed by atoms with van der Waals surface area (Å²) in [5, 5.41) is 10.3. The lowest BCUT2D eigenvalue weighted by Crippen LogP contribution is -2.54. The number of nitrogens with one attached hydrogen (secondary N) is 2. The Labute approximate surface area is 203 Å². The highest BCUT2D eigenvalue weighted by Crippen LogP contribution is 2.60. The Bertz CT molecular complexity index is 1060. The van der Waals surface area contributed by atoms with Gasteiger partial charge in [0.2, 0.25) is 5.91 Å². The number of hydrogen-bond acceptors (Lipinski definition) is 5. The van der Waals surface area contributed by atoms with Gasteiger partial charge in [0, 0.05) is 16.5 Å². The molecule has 0 unspecified atom stereocenters. The van der Waals surface area contributed by atoms with E-state index in [0.29, 0.717) is 35.1 Å². The van der Waals surface area contributed by atoms with E-state index in [9.17, 15) is 14.4 Å². The molecule has 2 aromatic rings. The summed E-state index contributed by atoms with van der Waals surface area (Å²) < 4.78 is 6.69. The second-order valence-corrected chi connectivity index (χ2v) is 10.5. The third-order valence-corrected chi connectivity index (χ3v) is 7.91. The lowest BCUT2D eigenvalue weighted by Gasteiger charge is -2.55. The van der Waals surface area contributed by atoms with Crippen LogP contribution in [0.4, 0.5) is 5.82 Å². The number of rotatable bonds is 8. The van der Waals surface area contributed by atoms with Gasteiger partial charge in [-0.3, -0.25) is 14.4 Å². The smallest absolute Gasteiger partial charge is 0.325 e. The number of carbonyl (C=O) groups excluding carboxylic acids is 3. The van der Waals surface area contributed by atoms with Crippen molar-refractivity contribution in [3.63, 3.8) is 0 Å². The number of aromatic nitrogens is 2. The summed E-state index contributed by atoms with van der Waals surface area (Å²) in [6.45, 7) is -0.278. The number of nitrogens with zero attached hydrogens (tertiary/aromatic N) is 2. The van der Waals surface area contributed by atoms with Crippen LogP contribution >= 0.6 is 11.6 Å². The molecule has 1 aromatic carbocycles. The van der Waals surface area contributed by atoms with Gasteiger partial charge in [0.25, 0.3) is 5.91 Å². The van der Waals surface area contributed by atoms with Gasteiger partial charge in [-0.25, -0.2) is 4.68 Å². The van der Waals surface area contributed by atoms with Crippen molar-refractivity contribution in [3.8, 4) is 0 Å². The number of ether oxygens (including phenoxy) is 1. The summed E-state index contributed by atoms with van der Waals surface area (Å²) in [5.74, 6) is 1.28. The van der Waals surface area contributed by atoms with E-state index in [1.165, 1.54) is 19.3 Å². The maximum Gasteiger partial charge on any atom is 0.325 e. The number of hydrogen-bond donors (Lipinski definition) is 2. The molecule has 6 rings (SSSR count). The molecule has 4 fully saturated rings. The molecule has 8 nitrogen and oxygen atoms in total. The van der Waals surface area contributed by atoms with Gasteiger partial charge in [0.05, 0.1) is 12.7 Å². The van der Waals surface area contributed by atoms with Gasteiger partial charge in [0.1, 0.15) is 12.4 Å². The SMILES string of the molecule is O=C(COC(=O)CNC(=O)C12CC3CC(CC(C3)C1)C2)Nc1ccnn1Cc1ccccc1Cl. The molecule has 2 amide bonds. The van der Waals surface area contributed by atoms with Crippen LogP contribution in [0, 0.1) is 23.2 Å². The van der Waals surface area contributed by atoms with Crippen LogP contribution in [0.15, 0.2) is 36.5 Å². The fourth-order valence-electron chi connectivity index (χ4n) is 6.46. The van der Waals surface area contributed by atoms with E-state index in [1.54, 1.807) is 23.0 Å². The monoisotopic (exact) mass is 484 g/mol. The first kappa shape index (κ1) is 22.9. The first-order valence-corrected chi connectivity index (χ1v) is 12.3. The third kappa shape index (κ3) is 4.82. The van der Waals surface area contributed by atoms with Crippen molar-refractivity contribution in [2.24, 2.45) is 23.2 Å². The van der Waals surface area contributed by atoms with E-state index in [0.717, 1.165) is 24.8 Å². The molecule has 0 aliphatic heterocycles. The zero-order chi connectivity index (χ0) is 23.7. The standard InChI is InChI=1S/C25H29ClN4O4/c26-20-4-2-1-3-19(20)14-30-21(5-6-28-30)29-22(31)15-34-23(32)13-27-24(33)25-10-16-7-17(11-25)9-18(8-16)12-25/h1-6,16-18H,7-15H2,(H,27,33)(H,29,31). The van der Waals surface area contributed by atoms with Gasteiger partial charge < -0.3 is 15.4 Å². The highest BCUT2D eigenvalue weighted by atomic mass is 35.5. The lowest BCUT2D eigenvalue weighted by atomic mass is 9.49. The van der Waals surface area contributed by atoms with Gasteiger partial charge in [-0.1, -0.05) is 29.8 Å². The summed E-state index contributed by atoms with van der Waals surface area (Å²) in [4.78, 5) is 37.4. The Balaban J connectivity index is 1.07. The average molecular weight is 485 g/mol. The molecule has 2 N–H and O–H groups in total. The fourth-order valence-corrected chi connectivity index (χ4v) is 6.65. The summed E-state index contributed by atoms with van der Waals surface area (Å²) in [7, 11) is 0. The molecule has 1 aromatic heterocycles. The van der Waals surface area contributed by atoms with E-state index < -0.39 is 18.5 Å². The van der Waals surface area contributed by atoms with Gasteiger partial charge in [-0.15, -0.1) is 0 Å². The number of halogens is 1. The summed E-state index contributed by atoms with van der Waals surface area (Å²) in [6.07, 6.45) is 8.12. The van der Waals surface area contributed by atoms with Crippen LogP contribution in [-0.4, -0.2) is 40.7 Å². The van der Waals surface area contributed by atoms with Crippen molar-refractivity contribution in [1.29, 1.82) is 0 Å². The van der Waals surface area contributed by atoms with Gasteiger partial charge in [-0.05, 0) is 67.9 Å². The minimum Gasteiger partial charge on any atom is -0.454 e. The molecule has 34 heavy (non-hydrogen) atoms. The Morgan fingerprint density at radius 1 is 1.06 bits per heavy atom. The van der Waals surface area contributed by atoms with Crippen molar-refractivity contribution in [1.82, 2.24) is 15.1 Å². The van der Waals surface area contributed by atoms with E-state index in [1.807, 2.05) is 18.2 Å². The van der Waals surface area contributed by atoms with E-state index in [-0.39, 0.29) is 17.9 Å². The van der Waals surface area contributed by atoms with Gasteiger partial charge in [-0.2, -0.15) is 5.10 Å². The molecular formula is C25H29ClN4O4. The second-order valence-electron chi connectivity index (χ2n) is 10.1. The van der Waals surface area contributed by atoms with Crippen LogP contribution in [0.25, 0.3) is 0 Å². The zero-order valence-corrected chi connectivity index (χ0v) is 19.7. The topological polar surface area (TPSA) is 102 Å². The van der Waals surface area contributed by atoms with Crippen molar-refractivity contribution < 1.29 is 19.1 Å². The van der Waals surface area contributed by atoms with Crippen LogP contribution in [-0.2, 0) is 25.7 Å². The number of amides is 2. The van der Waals surface area contributed by atoms with Gasteiger partial charge in [0.15, 0.2) is 6.61 Å². The number of esters is 1. The molecule has 4 aliphatic rings. The molecular weight excluding hydrogens is 456 g/mol. The number of benzene rings is 1. The van der Waals surface area contributed by atoms with Crippen LogP contribution in [0.2, 0.25) is 5.02 Å². The van der Waals surface area contributed by atoms with Crippen LogP contribution < -0.4 is 10.6 Å². The quantitative estimate of drug-likeness (QED) is 0.559. The van der Waals surface area contributed by atoms with Crippen LogP contribution in [0.3, 0.4) is 0 Å². The molecule has 0 radical (unpaired) electrons. The number of carbonyl (C=O) groups is 3. The third-order valence-electron chi connectivity index (χ3n) is 7.54. The first-order valence-electron chi connectivity index (χ1n) is 11.9. The Kier molecular flexibility index (Phi) is 6.34. The second kappa shape index (κ2) is 9.41. The van der Waals surface area contributed by atoms with E-state index >= 15 is 0 Å². The minimum atomic E-state index is -0.627. The van der Waals surface area contributed by atoms with Crippen LogP contribution in [0.5, 0.6) is 0 Å². The number of anilines is 1. The Morgan fingerprint density at radius 2 is 1.74 bits per heavy atom. The summed E-state index contributed by atoms with van der Waals surface area (Å²) in [5.41, 5.74) is 0.552. The predicted octanol–water partition coefficient (Wildman–Crippen LogP) is 3.40. The average Bonchev–Trinajstić information content (AvgIpc) is 3.23. The molecule has 4 bridgehead atoms. The van der Waals surface area contributed by atoms with Crippen molar-refractivity contribution in [2.45, 2.75) is 45.1 Å². The van der Waals surface area contributed by atoms with Crippen LogP contribution in [0.1, 0.15) is 44.1 Å². The largest absolute Gasteiger partial charge is 0.454 e. The molecule has 0 spiro atoms. The molecule has 0 atom stereocenters. The lowest BCUT2D eigenvalue weighted by molar-refractivity contribution is -0.152. The molecule has 9 heteroatoms. The maximum absolute atomic E-state index is 12.9. The normalized spacial score (nSPS) is 26.8. The highest BCUT2D eigenvalue weighted by Gasteiger charge is 2.54.